The Bertz CT molecular complexity index is 466. The maximum atomic E-state index is 12.6. The van der Waals surface area contributed by atoms with E-state index in [4.69, 9.17) is 0 Å². The highest BCUT2D eigenvalue weighted by Gasteiger charge is 2.45. The van der Waals surface area contributed by atoms with Crippen LogP contribution in [0, 0.1) is 0 Å². The van der Waals surface area contributed by atoms with E-state index in [2.05, 4.69) is 4.74 Å². The normalized spacial score (nSPS) is 13.8. The lowest BCUT2D eigenvalue weighted by Crippen LogP contribution is -2.36. The molecule has 0 saturated carbocycles. The van der Waals surface area contributed by atoms with Crippen LogP contribution < -0.4 is 10.1 Å². The zero-order chi connectivity index (χ0) is 15.6. The van der Waals surface area contributed by atoms with Gasteiger partial charge in [0, 0.05) is 5.69 Å². The molecule has 0 spiro atoms. The first kappa shape index (κ1) is 16.1. The number of nitrogens with one attached hydrogen (secondary N) is 1. The zero-order valence-corrected chi connectivity index (χ0v) is 9.35. The molecule has 0 heterocycles. The third-order valence-corrected chi connectivity index (χ3v) is 1.87. The molecule has 0 unspecified atom stereocenters. The molecule has 20 heavy (non-hydrogen) atoms. The summed E-state index contributed by atoms with van der Waals surface area (Å²) >= 11 is 0. The Kier molecular flexibility index (Phi) is 4.46. The van der Waals surface area contributed by atoms with Crippen LogP contribution >= 0.6 is 0 Å². The van der Waals surface area contributed by atoms with Crippen LogP contribution in [0.1, 0.15) is 0 Å². The minimum atomic E-state index is -5.36. The second-order valence-electron chi connectivity index (χ2n) is 3.47. The van der Waals surface area contributed by atoms with Crippen molar-refractivity contribution in [2.45, 2.75) is 18.7 Å². The number of ether oxygens (including phenoxy) is 1. The molecule has 0 fully saturated rings. The van der Waals surface area contributed by atoms with Crippen LogP contribution in [0.25, 0.3) is 0 Å². The van der Waals surface area contributed by atoms with Gasteiger partial charge in [-0.3, -0.25) is 4.79 Å². The van der Waals surface area contributed by atoms with Crippen molar-refractivity contribution >= 4 is 11.6 Å². The van der Waals surface area contributed by atoms with Crippen LogP contribution in [0.2, 0.25) is 0 Å². The fraction of sp³-hybridized carbons (Fsp3) is 0.300. The summed E-state index contributed by atoms with van der Waals surface area (Å²) < 4.78 is 87.2. The van der Waals surface area contributed by atoms with Gasteiger partial charge >= 0.3 is 12.5 Å². The number of hydrogen-bond acceptors (Lipinski definition) is 2. The van der Waals surface area contributed by atoms with Gasteiger partial charge in [-0.25, -0.2) is 4.39 Å². The van der Waals surface area contributed by atoms with Gasteiger partial charge in [0.05, 0.1) is 0 Å². The molecule has 0 bridgehead atoms. The minimum Gasteiger partial charge on any atom is -0.406 e. The van der Waals surface area contributed by atoms with Crippen LogP contribution in [-0.2, 0) is 4.79 Å². The Morgan fingerprint density at radius 2 is 1.55 bits per heavy atom. The van der Waals surface area contributed by atoms with Gasteiger partial charge in [0.25, 0.3) is 12.1 Å². The second-order valence-corrected chi connectivity index (χ2v) is 3.47. The first-order chi connectivity index (χ1) is 8.99. The van der Waals surface area contributed by atoms with E-state index < -0.39 is 30.4 Å². The Morgan fingerprint density at radius 1 is 1.05 bits per heavy atom. The highest BCUT2D eigenvalue weighted by molar-refractivity contribution is 5.94. The van der Waals surface area contributed by atoms with Gasteiger partial charge < -0.3 is 10.1 Å². The van der Waals surface area contributed by atoms with E-state index in [1.165, 1.54) is 0 Å². The average Bonchev–Trinajstić information content (AvgIpc) is 2.27. The first-order valence-corrected chi connectivity index (χ1v) is 4.86. The fourth-order valence-corrected chi connectivity index (χ4v) is 1.09. The Morgan fingerprint density at radius 3 is 1.95 bits per heavy atom. The van der Waals surface area contributed by atoms with Gasteiger partial charge in [-0.1, -0.05) is 0 Å². The maximum absolute atomic E-state index is 12.6. The molecule has 1 amide bonds. The summed E-state index contributed by atoms with van der Waals surface area (Å²) in [5.74, 6) is -2.61. The predicted molar refractivity (Wildman–Crippen MR) is 52.7 cm³/mol. The molecule has 0 saturated heterocycles. The summed E-state index contributed by atoms with van der Waals surface area (Å²) in [6, 6.07) is 3.18. The quantitative estimate of drug-likeness (QED) is 0.869. The number of hydrogen-bond donors (Lipinski definition) is 1. The number of carbonyl (C=O) groups is 1. The summed E-state index contributed by atoms with van der Waals surface area (Å²) in [6.07, 6.45) is -14.0. The highest BCUT2D eigenvalue weighted by atomic mass is 19.4. The van der Waals surface area contributed by atoms with Crippen molar-refractivity contribution in [3.05, 3.63) is 24.3 Å². The van der Waals surface area contributed by atoms with E-state index in [9.17, 15) is 35.5 Å². The van der Waals surface area contributed by atoms with Gasteiger partial charge in [-0.05, 0) is 24.3 Å². The van der Waals surface area contributed by atoms with Crippen molar-refractivity contribution in [3.63, 3.8) is 0 Å². The van der Waals surface area contributed by atoms with E-state index in [0.717, 1.165) is 24.3 Å². The van der Waals surface area contributed by atoms with Crippen molar-refractivity contribution in [2.24, 2.45) is 0 Å². The molecule has 1 atom stereocenters. The number of rotatable bonds is 3. The number of alkyl halides is 7. The zero-order valence-electron chi connectivity index (χ0n) is 9.35. The molecule has 112 valence electrons. The molecular formula is C10H6F7NO2. The number of anilines is 1. The average molecular weight is 305 g/mol. The monoisotopic (exact) mass is 305 g/mol. The molecule has 0 aliphatic rings. The first-order valence-electron chi connectivity index (χ1n) is 4.86. The molecule has 1 N–H and O–H groups in total. The molecule has 1 aromatic rings. The van der Waals surface area contributed by atoms with Crippen LogP contribution in [0.4, 0.5) is 36.4 Å². The van der Waals surface area contributed by atoms with Crippen LogP contribution in [0.3, 0.4) is 0 Å². The van der Waals surface area contributed by atoms with Gasteiger partial charge in [-0.2, -0.15) is 13.2 Å². The van der Waals surface area contributed by atoms with Gasteiger partial charge in [0.2, 0.25) is 0 Å². The molecular weight excluding hydrogens is 299 g/mol. The summed E-state index contributed by atoms with van der Waals surface area (Å²) in [5, 5.41) is 1.57. The van der Waals surface area contributed by atoms with Crippen LogP contribution in [-0.4, -0.2) is 24.6 Å². The Balaban J connectivity index is 2.69. The topological polar surface area (TPSA) is 38.3 Å². The van der Waals surface area contributed by atoms with Crippen molar-refractivity contribution in [1.82, 2.24) is 0 Å². The third kappa shape index (κ3) is 4.94. The smallest absolute Gasteiger partial charge is 0.406 e. The van der Waals surface area contributed by atoms with Crippen molar-refractivity contribution < 1.29 is 40.3 Å². The minimum absolute atomic E-state index is 0.309. The summed E-state index contributed by atoms with van der Waals surface area (Å²) in [6.45, 7) is 0. The lowest BCUT2D eigenvalue weighted by atomic mass is 10.2. The van der Waals surface area contributed by atoms with Crippen molar-refractivity contribution in [3.8, 4) is 5.75 Å². The maximum Gasteiger partial charge on any atom is 0.573 e. The largest absolute Gasteiger partial charge is 0.573 e. The van der Waals surface area contributed by atoms with Crippen molar-refractivity contribution in [1.29, 1.82) is 0 Å². The lowest BCUT2D eigenvalue weighted by molar-refractivity contribution is -0.274. The van der Waals surface area contributed by atoms with E-state index >= 15 is 0 Å². The molecule has 3 nitrogen and oxygen atoms in total. The van der Waals surface area contributed by atoms with E-state index in [1.807, 2.05) is 0 Å². The van der Waals surface area contributed by atoms with E-state index in [0.29, 0.717) is 0 Å². The number of amides is 1. The van der Waals surface area contributed by atoms with Crippen molar-refractivity contribution in [2.75, 3.05) is 5.32 Å². The lowest BCUT2D eigenvalue weighted by Gasteiger charge is -2.13. The number of benzene rings is 1. The predicted octanol–water partition coefficient (Wildman–Crippen LogP) is 3.42. The molecule has 10 heteroatoms. The van der Waals surface area contributed by atoms with E-state index in [1.54, 1.807) is 5.32 Å². The Hall–Kier alpha value is -2.00. The molecule has 0 radical (unpaired) electrons. The SMILES string of the molecule is O=C(Nc1ccc(OC(F)(F)F)cc1)[C@@H](F)C(F)(F)F. The summed E-state index contributed by atoms with van der Waals surface area (Å²) in [4.78, 5) is 10.9. The highest BCUT2D eigenvalue weighted by Crippen LogP contribution is 2.26. The second kappa shape index (κ2) is 5.55. The summed E-state index contributed by atoms with van der Waals surface area (Å²) in [7, 11) is 0. The van der Waals surface area contributed by atoms with Gasteiger partial charge in [-0.15, -0.1) is 13.2 Å². The Labute approximate surface area is 107 Å². The fourth-order valence-electron chi connectivity index (χ4n) is 1.09. The molecule has 0 aromatic heterocycles. The third-order valence-electron chi connectivity index (χ3n) is 1.87. The standard InChI is InChI=1S/C10H6F7NO2/c11-7(9(12,13)14)8(19)18-5-1-3-6(4-2-5)20-10(15,16)17/h1-4,7H,(H,18,19)/t7-/m1/s1. The van der Waals surface area contributed by atoms with Crippen LogP contribution in [0.5, 0.6) is 5.75 Å². The van der Waals surface area contributed by atoms with Gasteiger partial charge in [0.15, 0.2) is 0 Å². The van der Waals surface area contributed by atoms with Crippen LogP contribution in [0.15, 0.2) is 24.3 Å². The van der Waals surface area contributed by atoms with E-state index in [-0.39, 0.29) is 5.69 Å². The summed E-state index contributed by atoms with van der Waals surface area (Å²) in [5.41, 5.74) is -0.309. The molecule has 1 rings (SSSR count). The molecule has 0 aliphatic heterocycles. The molecule has 0 aliphatic carbocycles. The molecule has 1 aromatic carbocycles. The van der Waals surface area contributed by atoms with Gasteiger partial charge in [0.1, 0.15) is 5.75 Å². The number of carbonyl (C=O) groups excluding carboxylic acids is 1. The number of halogens is 7.